The van der Waals surface area contributed by atoms with Crippen molar-refractivity contribution in [2.75, 3.05) is 13.2 Å². The Labute approximate surface area is 37.5 Å². The molecule has 0 bridgehead atoms. The van der Waals surface area contributed by atoms with Crippen molar-refractivity contribution < 1.29 is 4.39 Å². The van der Waals surface area contributed by atoms with E-state index in [1.165, 1.54) is 0 Å². The van der Waals surface area contributed by atoms with Gasteiger partial charge in [0.2, 0.25) is 0 Å². The molecule has 0 unspecified atom stereocenters. The second kappa shape index (κ2) is 4.89. The van der Waals surface area contributed by atoms with Gasteiger partial charge in [0.1, 0.15) is 6.67 Å². The quantitative estimate of drug-likeness (QED) is 0.504. The maximum atomic E-state index is 11.1. The molecule has 0 saturated carbocycles. The van der Waals surface area contributed by atoms with E-state index in [9.17, 15) is 4.39 Å². The summed E-state index contributed by atoms with van der Waals surface area (Å²) in [4.78, 5) is 0. The van der Waals surface area contributed by atoms with Crippen LogP contribution in [0, 0.1) is 6.54 Å². The fraction of sp³-hybridized carbons (Fsp3) is 0.750. The van der Waals surface area contributed by atoms with Crippen molar-refractivity contribution in [3.63, 3.8) is 0 Å². The minimum Gasteiger partial charge on any atom is -0.310 e. The minimum absolute atomic E-state index is 0.287. The summed E-state index contributed by atoms with van der Waals surface area (Å²) in [5.74, 6) is 0. The average molecular weight is 90.1 g/mol. The van der Waals surface area contributed by atoms with Gasteiger partial charge in [-0.25, -0.2) is 4.39 Å². The van der Waals surface area contributed by atoms with Crippen LogP contribution in [0.5, 0.6) is 0 Å². The van der Waals surface area contributed by atoms with E-state index in [1.54, 1.807) is 6.54 Å². The predicted octanol–water partition coefficient (Wildman–Crippen LogP) is 0.727. The van der Waals surface area contributed by atoms with Crippen LogP contribution in [-0.2, 0) is 0 Å². The fourth-order valence-electron chi connectivity index (χ4n) is 0.199. The fourth-order valence-corrected chi connectivity index (χ4v) is 0.199. The van der Waals surface area contributed by atoms with E-state index in [0.717, 1.165) is 0 Å². The van der Waals surface area contributed by atoms with E-state index >= 15 is 0 Å². The van der Waals surface area contributed by atoms with Crippen molar-refractivity contribution in [1.29, 1.82) is 0 Å². The molecule has 0 aromatic rings. The first-order chi connectivity index (χ1) is 2.91. The topological polar surface area (TPSA) is 12.0 Å². The summed E-state index contributed by atoms with van der Waals surface area (Å²) < 4.78 is 11.1. The normalized spacial score (nSPS) is 9.00. The maximum absolute atomic E-state index is 11.1. The first-order valence-electron chi connectivity index (χ1n) is 1.99. The Bertz CT molecular complexity index is 19.5. The summed E-state index contributed by atoms with van der Waals surface area (Å²) in [6.07, 6.45) is 0. The van der Waals surface area contributed by atoms with Gasteiger partial charge in [0.15, 0.2) is 0 Å². The van der Waals surface area contributed by atoms with Crippen LogP contribution in [0.4, 0.5) is 4.39 Å². The predicted molar refractivity (Wildman–Crippen MR) is 24.0 cm³/mol. The lowest BCUT2D eigenvalue weighted by molar-refractivity contribution is 0.481. The van der Waals surface area contributed by atoms with E-state index in [4.69, 9.17) is 0 Å². The molecule has 0 aromatic carbocycles. The lowest BCUT2D eigenvalue weighted by Crippen LogP contribution is -2.10. The Hall–Kier alpha value is -0.110. The molecule has 1 radical (unpaired) electrons. The lowest BCUT2D eigenvalue weighted by Gasteiger charge is -1.89. The molecule has 0 amide bonds. The summed E-state index contributed by atoms with van der Waals surface area (Å²) in [6, 6.07) is 0. The third kappa shape index (κ3) is 3.89. The molecule has 0 atom stereocenters. The number of nitrogens with one attached hydrogen (secondary N) is 1. The molecular formula is C4H9FN. The summed E-state index contributed by atoms with van der Waals surface area (Å²) in [5.41, 5.74) is 0. The van der Waals surface area contributed by atoms with Crippen LogP contribution < -0.4 is 5.32 Å². The van der Waals surface area contributed by atoms with Gasteiger partial charge in [0, 0.05) is 13.1 Å². The largest absolute Gasteiger partial charge is 0.310 e. The number of rotatable bonds is 3. The highest BCUT2D eigenvalue weighted by Crippen LogP contribution is 1.63. The molecule has 0 saturated heterocycles. The molecule has 0 spiro atoms. The van der Waals surface area contributed by atoms with Crippen molar-refractivity contribution in [2.24, 2.45) is 0 Å². The molecule has 6 heavy (non-hydrogen) atoms. The Kier molecular flexibility index (Phi) is 4.80. The minimum atomic E-state index is -0.287. The Morgan fingerprint density at radius 3 is 2.67 bits per heavy atom. The van der Waals surface area contributed by atoms with Gasteiger partial charge in [-0.15, -0.1) is 0 Å². The van der Waals surface area contributed by atoms with Crippen LogP contribution in [0.1, 0.15) is 6.92 Å². The molecule has 37 valence electrons. The zero-order valence-corrected chi connectivity index (χ0v) is 3.87. The zero-order valence-electron chi connectivity index (χ0n) is 3.87. The van der Waals surface area contributed by atoms with Crippen LogP contribution in [-0.4, -0.2) is 13.2 Å². The van der Waals surface area contributed by atoms with Gasteiger partial charge in [0.05, 0.1) is 0 Å². The van der Waals surface area contributed by atoms with Gasteiger partial charge in [-0.3, -0.25) is 0 Å². The number of alkyl halides is 1. The SMILES string of the molecule is C[CH]NCCF. The van der Waals surface area contributed by atoms with Crippen molar-refractivity contribution in [3.8, 4) is 0 Å². The van der Waals surface area contributed by atoms with Crippen LogP contribution in [0.2, 0.25) is 0 Å². The number of hydrogen-bond acceptors (Lipinski definition) is 1. The maximum Gasteiger partial charge on any atom is 0.102 e. The van der Waals surface area contributed by atoms with E-state index in [-0.39, 0.29) is 6.67 Å². The van der Waals surface area contributed by atoms with Crippen molar-refractivity contribution in [2.45, 2.75) is 6.92 Å². The molecule has 0 heterocycles. The van der Waals surface area contributed by atoms with Crippen molar-refractivity contribution in [1.82, 2.24) is 5.32 Å². The first kappa shape index (κ1) is 5.89. The third-order valence-electron chi connectivity index (χ3n) is 0.443. The number of hydrogen-bond donors (Lipinski definition) is 1. The van der Waals surface area contributed by atoms with Crippen LogP contribution >= 0.6 is 0 Å². The highest BCUT2D eigenvalue weighted by molar-refractivity contribution is 4.49. The van der Waals surface area contributed by atoms with Crippen molar-refractivity contribution in [3.05, 3.63) is 6.54 Å². The Morgan fingerprint density at radius 2 is 2.50 bits per heavy atom. The second-order valence-corrected chi connectivity index (χ2v) is 0.932. The monoisotopic (exact) mass is 90.1 g/mol. The average Bonchev–Trinajstić information content (AvgIpc) is 1.61. The third-order valence-corrected chi connectivity index (χ3v) is 0.443. The van der Waals surface area contributed by atoms with Gasteiger partial charge < -0.3 is 5.32 Å². The van der Waals surface area contributed by atoms with E-state index < -0.39 is 0 Å². The summed E-state index contributed by atoms with van der Waals surface area (Å²) in [5, 5.41) is 2.70. The van der Waals surface area contributed by atoms with E-state index in [2.05, 4.69) is 5.32 Å². The smallest absolute Gasteiger partial charge is 0.102 e. The molecule has 2 heteroatoms. The zero-order chi connectivity index (χ0) is 4.83. The van der Waals surface area contributed by atoms with Gasteiger partial charge in [-0.1, -0.05) is 0 Å². The van der Waals surface area contributed by atoms with Gasteiger partial charge in [-0.2, -0.15) is 0 Å². The van der Waals surface area contributed by atoms with Crippen LogP contribution in [0.15, 0.2) is 0 Å². The van der Waals surface area contributed by atoms with Gasteiger partial charge in [-0.05, 0) is 6.92 Å². The standard InChI is InChI=1S/C4H9FN/c1-2-6-4-3-5/h2,6H,3-4H2,1H3. The van der Waals surface area contributed by atoms with Crippen molar-refractivity contribution >= 4 is 0 Å². The highest BCUT2D eigenvalue weighted by Gasteiger charge is 1.74. The summed E-state index contributed by atoms with van der Waals surface area (Å²) >= 11 is 0. The molecule has 1 nitrogen and oxygen atoms in total. The molecule has 0 rings (SSSR count). The molecular weight excluding hydrogens is 81.0 g/mol. The second-order valence-electron chi connectivity index (χ2n) is 0.932. The van der Waals surface area contributed by atoms with Gasteiger partial charge in [0.25, 0.3) is 0 Å². The highest BCUT2D eigenvalue weighted by atomic mass is 19.1. The molecule has 0 aliphatic rings. The van der Waals surface area contributed by atoms with Gasteiger partial charge >= 0.3 is 0 Å². The van der Waals surface area contributed by atoms with E-state index in [0.29, 0.717) is 6.54 Å². The Morgan fingerprint density at radius 1 is 1.83 bits per heavy atom. The summed E-state index contributed by atoms with van der Waals surface area (Å²) in [7, 11) is 0. The Balaban J connectivity index is 2.34. The first-order valence-corrected chi connectivity index (χ1v) is 1.99. The molecule has 0 aromatic heterocycles. The van der Waals surface area contributed by atoms with Crippen LogP contribution in [0.25, 0.3) is 0 Å². The lowest BCUT2D eigenvalue weighted by atomic mass is 10.6. The van der Waals surface area contributed by atoms with Crippen LogP contribution in [0.3, 0.4) is 0 Å². The molecule has 1 N–H and O–H groups in total. The molecule has 0 aliphatic heterocycles. The number of halogens is 1. The summed E-state index contributed by atoms with van der Waals surface area (Å²) in [6.45, 7) is 3.70. The molecule has 0 aliphatic carbocycles. The molecule has 0 fully saturated rings. The van der Waals surface area contributed by atoms with E-state index in [1.807, 2.05) is 6.92 Å².